The second kappa shape index (κ2) is 4.87. The quantitative estimate of drug-likeness (QED) is 0.381. The molecule has 0 fully saturated rings. The lowest BCUT2D eigenvalue weighted by Gasteiger charge is -2.23. The molecule has 0 aliphatic carbocycles. The molecule has 0 saturated heterocycles. The molecular formula is C8H16N2O2. The van der Waals surface area contributed by atoms with Crippen LogP contribution >= 0.6 is 0 Å². The molecule has 0 spiro atoms. The fourth-order valence-corrected chi connectivity index (χ4v) is 1.04. The van der Waals surface area contributed by atoms with Crippen molar-refractivity contribution in [3.63, 3.8) is 0 Å². The van der Waals surface area contributed by atoms with Crippen molar-refractivity contribution in [1.82, 2.24) is 5.01 Å². The maximum atomic E-state index is 11.1. The summed E-state index contributed by atoms with van der Waals surface area (Å²) >= 11 is 0. The summed E-state index contributed by atoms with van der Waals surface area (Å²) in [5.41, 5.74) is 0. The predicted octanol–water partition coefficient (Wildman–Crippen LogP) is 0.466. The molecule has 0 saturated carbocycles. The molecule has 0 aromatic carbocycles. The van der Waals surface area contributed by atoms with Crippen molar-refractivity contribution in [2.24, 2.45) is 5.84 Å². The zero-order valence-electron chi connectivity index (χ0n) is 7.83. The first-order valence-electron chi connectivity index (χ1n) is 4.11. The smallest absolute Gasteiger partial charge is 0.236 e. The molecule has 0 heterocycles. The highest BCUT2D eigenvalue weighted by Crippen LogP contribution is 2.02. The van der Waals surface area contributed by atoms with Gasteiger partial charge in [0, 0.05) is 6.42 Å². The van der Waals surface area contributed by atoms with Crippen molar-refractivity contribution in [2.45, 2.75) is 39.7 Å². The molecule has 4 nitrogen and oxygen atoms in total. The van der Waals surface area contributed by atoms with Crippen LogP contribution in [0.4, 0.5) is 0 Å². The van der Waals surface area contributed by atoms with Gasteiger partial charge in [-0.1, -0.05) is 13.8 Å². The van der Waals surface area contributed by atoms with Crippen LogP contribution in [0.1, 0.15) is 33.6 Å². The van der Waals surface area contributed by atoms with Crippen LogP contribution in [0.2, 0.25) is 0 Å². The van der Waals surface area contributed by atoms with Gasteiger partial charge in [0.15, 0.2) is 5.78 Å². The molecule has 1 unspecified atom stereocenters. The molecule has 0 aromatic rings. The van der Waals surface area contributed by atoms with E-state index in [4.69, 9.17) is 5.84 Å². The summed E-state index contributed by atoms with van der Waals surface area (Å²) in [6.07, 6.45) is 0.901. The van der Waals surface area contributed by atoms with Crippen LogP contribution in [-0.2, 0) is 9.59 Å². The number of nitrogens with two attached hydrogens (primary N) is 1. The third kappa shape index (κ3) is 2.62. The molecule has 70 valence electrons. The number of carbonyl (C=O) groups is 2. The third-order valence-corrected chi connectivity index (χ3v) is 1.78. The average Bonchev–Trinajstić information content (AvgIpc) is 2.03. The van der Waals surface area contributed by atoms with Crippen molar-refractivity contribution in [3.8, 4) is 0 Å². The first-order chi connectivity index (χ1) is 5.54. The summed E-state index contributed by atoms with van der Waals surface area (Å²) in [5.74, 6) is 5.18. The van der Waals surface area contributed by atoms with Gasteiger partial charge in [-0.05, 0) is 13.3 Å². The molecule has 12 heavy (non-hydrogen) atoms. The predicted molar refractivity (Wildman–Crippen MR) is 46.1 cm³/mol. The number of amides is 1. The largest absolute Gasteiger partial charge is 0.298 e. The molecule has 0 aliphatic heterocycles. The summed E-state index contributed by atoms with van der Waals surface area (Å²) in [6.45, 7) is 4.99. The number of ketones is 1. The van der Waals surface area contributed by atoms with Gasteiger partial charge >= 0.3 is 0 Å². The molecule has 1 atom stereocenters. The van der Waals surface area contributed by atoms with Crippen LogP contribution in [-0.4, -0.2) is 22.7 Å². The van der Waals surface area contributed by atoms with E-state index in [1.807, 2.05) is 6.92 Å². The Kier molecular flexibility index (Phi) is 4.51. The Morgan fingerprint density at radius 2 is 1.92 bits per heavy atom. The first-order valence-corrected chi connectivity index (χ1v) is 4.11. The summed E-state index contributed by atoms with van der Waals surface area (Å²) in [5, 5.41) is 1.03. The maximum absolute atomic E-state index is 11.1. The van der Waals surface area contributed by atoms with E-state index in [1.54, 1.807) is 6.92 Å². The number of carbonyl (C=O) groups excluding carboxylic acids is 2. The van der Waals surface area contributed by atoms with Crippen LogP contribution in [0.15, 0.2) is 0 Å². The molecule has 0 bridgehead atoms. The van der Waals surface area contributed by atoms with Gasteiger partial charge in [-0.2, -0.15) is 0 Å². The Bertz CT molecular complexity index is 180. The van der Waals surface area contributed by atoms with Crippen LogP contribution in [0.3, 0.4) is 0 Å². The molecule has 0 rings (SSSR count). The number of Topliss-reactive ketones (excluding diaryl/α,β-unsaturated/α-hetero) is 1. The van der Waals surface area contributed by atoms with Crippen molar-refractivity contribution in [2.75, 3.05) is 0 Å². The normalized spacial score (nSPS) is 12.3. The Morgan fingerprint density at radius 1 is 1.42 bits per heavy atom. The fourth-order valence-electron chi connectivity index (χ4n) is 1.04. The first kappa shape index (κ1) is 11.1. The summed E-state index contributed by atoms with van der Waals surface area (Å²) in [7, 11) is 0. The third-order valence-electron chi connectivity index (χ3n) is 1.78. The second-order valence-corrected chi connectivity index (χ2v) is 2.69. The highest BCUT2D eigenvalue weighted by molar-refractivity contribution is 5.86. The highest BCUT2D eigenvalue weighted by atomic mass is 16.2. The zero-order valence-corrected chi connectivity index (χ0v) is 7.83. The van der Waals surface area contributed by atoms with Crippen LogP contribution in [0.5, 0.6) is 0 Å². The van der Waals surface area contributed by atoms with Crippen LogP contribution in [0, 0.1) is 0 Å². The van der Waals surface area contributed by atoms with Crippen molar-refractivity contribution >= 4 is 11.7 Å². The standard InChI is InChI=1S/C8H16N2O2/c1-4-7(6(3)11)10(9)8(12)5-2/h7H,4-5,9H2,1-3H3. The van der Waals surface area contributed by atoms with E-state index < -0.39 is 6.04 Å². The Balaban J connectivity index is 4.30. The minimum absolute atomic E-state index is 0.0678. The SMILES string of the molecule is CCC(=O)N(N)C(CC)C(C)=O. The zero-order chi connectivity index (χ0) is 9.72. The van der Waals surface area contributed by atoms with Crippen LogP contribution < -0.4 is 5.84 Å². The number of hydrazine groups is 1. The maximum Gasteiger partial charge on any atom is 0.236 e. The van der Waals surface area contributed by atoms with Gasteiger partial charge in [0.25, 0.3) is 0 Å². The highest BCUT2D eigenvalue weighted by Gasteiger charge is 2.21. The van der Waals surface area contributed by atoms with E-state index in [0.29, 0.717) is 12.8 Å². The fraction of sp³-hybridized carbons (Fsp3) is 0.750. The molecule has 0 aromatic heterocycles. The second-order valence-electron chi connectivity index (χ2n) is 2.69. The van der Waals surface area contributed by atoms with E-state index in [-0.39, 0.29) is 11.7 Å². The summed E-state index contributed by atoms with van der Waals surface area (Å²) in [6, 6.07) is -0.461. The van der Waals surface area contributed by atoms with Gasteiger partial charge in [0.2, 0.25) is 5.91 Å². The van der Waals surface area contributed by atoms with E-state index in [0.717, 1.165) is 5.01 Å². The Hall–Kier alpha value is -0.900. The lowest BCUT2D eigenvalue weighted by Crippen LogP contribution is -2.48. The van der Waals surface area contributed by atoms with Gasteiger partial charge in [0.05, 0.1) is 0 Å². The summed E-state index contributed by atoms with van der Waals surface area (Å²) < 4.78 is 0. The lowest BCUT2D eigenvalue weighted by atomic mass is 10.1. The van der Waals surface area contributed by atoms with Gasteiger partial charge < -0.3 is 0 Å². The van der Waals surface area contributed by atoms with Gasteiger partial charge in [-0.15, -0.1) is 0 Å². The van der Waals surface area contributed by atoms with E-state index in [2.05, 4.69) is 0 Å². The van der Waals surface area contributed by atoms with E-state index >= 15 is 0 Å². The topological polar surface area (TPSA) is 63.4 Å². The van der Waals surface area contributed by atoms with Gasteiger partial charge in [-0.3, -0.25) is 14.6 Å². The van der Waals surface area contributed by atoms with Crippen molar-refractivity contribution in [3.05, 3.63) is 0 Å². The number of hydrogen-bond donors (Lipinski definition) is 1. The van der Waals surface area contributed by atoms with Crippen LogP contribution in [0.25, 0.3) is 0 Å². The number of rotatable bonds is 4. The lowest BCUT2D eigenvalue weighted by molar-refractivity contribution is -0.139. The Morgan fingerprint density at radius 3 is 2.17 bits per heavy atom. The monoisotopic (exact) mass is 172 g/mol. The molecule has 4 heteroatoms. The number of nitrogens with zero attached hydrogens (tertiary/aromatic N) is 1. The van der Waals surface area contributed by atoms with Gasteiger partial charge in [-0.25, -0.2) is 5.84 Å². The molecule has 0 radical (unpaired) electrons. The molecule has 0 aliphatic rings. The van der Waals surface area contributed by atoms with Gasteiger partial charge in [0.1, 0.15) is 6.04 Å². The van der Waals surface area contributed by atoms with Crippen molar-refractivity contribution in [1.29, 1.82) is 0 Å². The minimum atomic E-state index is -0.461. The van der Waals surface area contributed by atoms with Crippen molar-refractivity contribution < 1.29 is 9.59 Å². The molecule has 2 N–H and O–H groups in total. The molecule has 1 amide bonds. The van der Waals surface area contributed by atoms with E-state index in [9.17, 15) is 9.59 Å². The Labute approximate surface area is 72.7 Å². The number of hydrogen-bond acceptors (Lipinski definition) is 3. The van der Waals surface area contributed by atoms with E-state index in [1.165, 1.54) is 6.92 Å². The summed E-state index contributed by atoms with van der Waals surface area (Å²) in [4.78, 5) is 22.0. The molecular weight excluding hydrogens is 156 g/mol. The average molecular weight is 172 g/mol. The minimum Gasteiger partial charge on any atom is -0.298 e.